The highest BCUT2D eigenvalue weighted by atomic mass is 35.5. The van der Waals surface area contributed by atoms with Gasteiger partial charge in [-0.2, -0.15) is 0 Å². The second kappa shape index (κ2) is 5.70. The lowest BCUT2D eigenvalue weighted by Gasteiger charge is -2.25. The van der Waals surface area contributed by atoms with Crippen molar-refractivity contribution < 1.29 is 9.90 Å². The molecule has 2 heterocycles. The van der Waals surface area contributed by atoms with Gasteiger partial charge in [-0.25, -0.2) is 0 Å². The Morgan fingerprint density at radius 1 is 1.21 bits per heavy atom. The monoisotopic (exact) mass is 347 g/mol. The Morgan fingerprint density at radius 3 is 2.67 bits per heavy atom. The molecule has 2 aliphatic rings. The van der Waals surface area contributed by atoms with Crippen molar-refractivity contribution in [3.05, 3.63) is 44.7 Å². The average Bonchev–Trinajstić information content (AvgIpc) is 3.17. The zero-order chi connectivity index (χ0) is 16.8. The van der Waals surface area contributed by atoms with E-state index >= 15 is 0 Å². The zero-order valence-corrected chi connectivity index (χ0v) is 13.8. The number of benzene rings is 1. The highest BCUT2D eigenvalue weighted by Gasteiger charge is 2.34. The van der Waals surface area contributed by atoms with Gasteiger partial charge in [0.2, 0.25) is 5.91 Å². The number of fused-ring (bicyclic) bond motifs is 1. The van der Waals surface area contributed by atoms with Gasteiger partial charge in [-0.3, -0.25) is 19.4 Å². The van der Waals surface area contributed by atoms with E-state index in [0.717, 1.165) is 31.2 Å². The van der Waals surface area contributed by atoms with Crippen LogP contribution in [0.5, 0.6) is 5.75 Å². The predicted molar refractivity (Wildman–Crippen MR) is 90.8 cm³/mol. The van der Waals surface area contributed by atoms with Crippen molar-refractivity contribution in [3.8, 4) is 5.75 Å². The summed E-state index contributed by atoms with van der Waals surface area (Å²) in [5.74, 6) is 0.0800. The summed E-state index contributed by atoms with van der Waals surface area (Å²) >= 11 is 6.00. The summed E-state index contributed by atoms with van der Waals surface area (Å²) < 4.78 is 1.83. The molecule has 1 aliphatic carbocycles. The van der Waals surface area contributed by atoms with Crippen LogP contribution in [0.15, 0.2) is 23.0 Å². The van der Waals surface area contributed by atoms with E-state index in [1.807, 2.05) is 4.68 Å². The van der Waals surface area contributed by atoms with Crippen LogP contribution in [0, 0.1) is 0 Å². The minimum atomic E-state index is -0.363. The van der Waals surface area contributed by atoms with Gasteiger partial charge in [0.15, 0.2) is 0 Å². The van der Waals surface area contributed by atoms with E-state index in [1.54, 1.807) is 12.1 Å². The molecule has 0 radical (unpaired) electrons. The maximum atomic E-state index is 12.6. The van der Waals surface area contributed by atoms with Crippen molar-refractivity contribution in [1.29, 1.82) is 0 Å². The van der Waals surface area contributed by atoms with E-state index in [2.05, 4.69) is 10.4 Å². The maximum absolute atomic E-state index is 12.6. The van der Waals surface area contributed by atoms with Gasteiger partial charge < -0.3 is 10.4 Å². The SMILES string of the molecule is O=C1C[C@@H](c2ccc(O)c(Cl)c2)c2c(n(C3CCCC3)[nH]c2=O)N1. The standard InChI is InChI=1S/C17H18ClN3O3/c18-12-7-9(5-6-13(12)22)11-8-14(23)19-16-15(11)17(24)20-21(16)10-3-1-2-4-10/h5-7,10-11,22H,1-4,8H2,(H,19,23)(H,20,24)/t11-/m0/s1. The molecule has 1 aromatic carbocycles. The Morgan fingerprint density at radius 2 is 1.96 bits per heavy atom. The first-order chi connectivity index (χ1) is 11.5. The molecule has 2 aromatic rings. The van der Waals surface area contributed by atoms with E-state index in [1.165, 1.54) is 6.07 Å². The Bertz CT molecular complexity index is 864. The fourth-order valence-corrected chi connectivity index (χ4v) is 4.03. The van der Waals surface area contributed by atoms with Crippen molar-refractivity contribution in [2.45, 2.75) is 44.1 Å². The minimum Gasteiger partial charge on any atom is -0.506 e. The number of phenols is 1. The second-order valence-corrected chi connectivity index (χ2v) is 6.93. The third kappa shape index (κ3) is 2.41. The Balaban J connectivity index is 1.83. The summed E-state index contributed by atoms with van der Waals surface area (Å²) in [7, 11) is 0. The summed E-state index contributed by atoms with van der Waals surface area (Å²) in [5.41, 5.74) is 1.15. The van der Waals surface area contributed by atoms with Gasteiger partial charge in [0, 0.05) is 12.3 Å². The number of phenolic OH excluding ortho intramolecular Hbond substituents is 1. The van der Waals surface area contributed by atoms with Crippen LogP contribution < -0.4 is 10.9 Å². The highest BCUT2D eigenvalue weighted by Crippen LogP contribution is 2.40. The van der Waals surface area contributed by atoms with Gasteiger partial charge in [0.1, 0.15) is 11.6 Å². The number of halogens is 1. The first-order valence-electron chi connectivity index (χ1n) is 8.17. The van der Waals surface area contributed by atoms with Crippen LogP contribution >= 0.6 is 11.6 Å². The van der Waals surface area contributed by atoms with Crippen LogP contribution in [0.25, 0.3) is 0 Å². The lowest BCUT2D eigenvalue weighted by molar-refractivity contribution is -0.116. The number of carbonyl (C=O) groups is 1. The van der Waals surface area contributed by atoms with Crippen molar-refractivity contribution in [2.24, 2.45) is 0 Å². The summed E-state index contributed by atoms with van der Waals surface area (Å²) in [6, 6.07) is 5.05. The fourth-order valence-electron chi connectivity index (χ4n) is 3.84. The number of hydrogen-bond acceptors (Lipinski definition) is 3. The van der Waals surface area contributed by atoms with Gasteiger partial charge in [-0.1, -0.05) is 30.5 Å². The molecule has 1 aliphatic heterocycles. The van der Waals surface area contributed by atoms with Crippen LogP contribution in [-0.4, -0.2) is 20.8 Å². The Labute approximate surface area is 143 Å². The summed E-state index contributed by atoms with van der Waals surface area (Å²) in [6.07, 6.45) is 4.45. The molecule has 126 valence electrons. The molecule has 1 atom stereocenters. The normalized spacial score (nSPS) is 20.9. The average molecular weight is 348 g/mol. The molecule has 7 heteroatoms. The lowest BCUT2D eigenvalue weighted by atomic mass is 9.87. The first kappa shape index (κ1) is 15.3. The number of aromatic amines is 1. The molecule has 24 heavy (non-hydrogen) atoms. The molecule has 0 saturated heterocycles. The number of carbonyl (C=O) groups excluding carboxylic acids is 1. The van der Waals surface area contributed by atoms with Crippen LogP contribution in [0.2, 0.25) is 5.02 Å². The minimum absolute atomic E-state index is 0.0154. The number of nitrogens with zero attached hydrogens (tertiary/aromatic N) is 1. The van der Waals surface area contributed by atoms with E-state index in [-0.39, 0.29) is 40.6 Å². The number of rotatable bonds is 2. The van der Waals surface area contributed by atoms with E-state index in [0.29, 0.717) is 11.4 Å². The second-order valence-electron chi connectivity index (χ2n) is 6.53. The van der Waals surface area contributed by atoms with Crippen LogP contribution in [0.1, 0.15) is 55.2 Å². The number of anilines is 1. The van der Waals surface area contributed by atoms with Crippen molar-refractivity contribution in [3.63, 3.8) is 0 Å². The third-order valence-electron chi connectivity index (χ3n) is 5.02. The highest BCUT2D eigenvalue weighted by molar-refractivity contribution is 6.32. The molecule has 1 saturated carbocycles. The molecule has 4 rings (SSSR count). The fraction of sp³-hybridized carbons (Fsp3) is 0.412. The molecular formula is C17H18ClN3O3. The van der Waals surface area contributed by atoms with Gasteiger partial charge in [0.25, 0.3) is 5.56 Å². The number of amides is 1. The molecule has 1 amide bonds. The molecule has 6 nitrogen and oxygen atoms in total. The molecule has 1 fully saturated rings. The van der Waals surface area contributed by atoms with Gasteiger partial charge in [0.05, 0.1) is 16.6 Å². The zero-order valence-electron chi connectivity index (χ0n) is 13.0. The third-order valence-corrected chi connectivity index (χ3v) is 5.33. The van der Waals surface area contributed by atoms with Crippen LogP contribution in [-0.2, 0) is 4.79 Å². The molecule has 3 N–H and O–H groups in total. The van der Waals surface area contributed by atoms with Crippen LogP contribution in [0.4, 0.5) is 5.82 Å². The molecular weight excluding hydrogens is 330 g/mol. The first-order valence-corrected chi connectivity index (χ1v) is 8.55. The van der Waals surface area contributed by atoms with E-state index < -0.39 is 0 Å². The summed E-state index contributed by atoms with van der Waals surface area (Å²) in [5, 5.41) is 15.6. The van der Waals surface area contributed by atoms with Gasteiger partial charge >= 0.3 is 0 Å². The van der Waals surface area contributed by atoms with E-state index in [4.69, 9.17) is 11.6 Å². The topological polar surface area (TPSA) is 87.1 Å². The maximum Gasteiger partial charge on any atom is 0.270 e. The van der Waals surface area contributed by atoms with E-state index in [9.17, 15) is 14.7 Å². The van der Waals surface area contributed by atoms with Gasteiger partial charge in [-0.15, -0.1) is 0 Å². The molecule has 0 spiro atoms. The summed E-state index contributed by atoms with van der Waals surface area (Å²) in [4.78, 5) is 24.8. The van der Waals surface area contributed by atoms with Crippen LogP contribution in [0.3, 0.4) is 0 Å². The Kier molecular flexibility index (Phi) is 3.64. The smallest absolute Gasteiger partial charge is 0.270 e. The number of aromatic hydroxyl groups is 1. The number of aromatic nitrogens is 2. The lowest BCUT2D eigenvalue weighted by Crippen LogP contribution is -2.27. The number of nitrogens with one attached hydrogen (secondary N) is 2. The van der Waals surface area contributed by atoms with Crippen molar-refractivity contribution in [1.82, 2.24) is 9.78 Å². The van der Waals surface area contributed by atoms with Crippen molar-refractivity contribution in [2.75, 3.05) is 5.32 Å². The van der Waals surface area contributed by atoms with Gasteiger partial charge in [-0.05, 0) is 30.5 Å². The molecule has 0 bridgehead atoms. The predicted octanol–water partition coefficient (Wildman–Crippen LogP) is 3.12. The molecule has 0 unspecified atom stereocenters. The summed E-state index contributed by atoms with van der Waals surface area (Å²) in [6.45, 7) is 0. The Hall–Kier alpha value is -2.21. The molecule has 1 aromatic heterocycles. The number of H-pyrrole nitrogens is 1. The quantitative estimate of drug-likeness (QED) is 0.780. The van der Waals surface area contributed by atoms with Crippen molar-refractivity contribution >= 4 is 23.3 Å². The number of hydrogen-bond donors (Lipinski definition) is 3. The largest absolute Gasteiger partial charge is 0.506 e.